The van der Waals surface area contributed by atoms with Gasteiger partial charge in [-0.2, -0.15) is 0 Å². The molecule has 8 nitrogen and oxygen atoms in total. The summed E-state index contributed by atoms with van der Waals surface area (Å²) >= 11 is 0. The number of rotatable bonds is 9. The van der Waals surface area contributed by atoms with Gasteiger partial charge in [-0.15, -0.1) is 0 Å². The van der Waals surface area contributed by atoms with Crippen molar-refractivity contribution in [1.82, 2.24) is 15.5 Å². The average molecular weight is 423 g/mol. The number of imide groups is 1. The maximum Gasteiger partial charge on any atom is 0.261 e. The molecule has 8 heteroatoms. The molecule has 0 atom stereocenters. The lowest BCUT2D eigenvalue weighted by molar-refractivity contribution is -0.124. The first-order chi connectivity index (χ1) is 14.9. The minimum atomic E-state index is -0.385. The molecule has 2 aromatic rings. The Balaban J connectivity index is 1.33. The Bertz CT molecular complexity index is 983. The second-order valence-electron chi connectivity index (χ2n) is 7.24. The highest BCUT2D eigenvalue weighted by Gasteiger charge is 2.34. The van der Waals surface area contributed by atoms with Crippen LogP contribution in [0, 0.1) is 13.8 Å². The molecule has 0 radical (unpaired) electrons. The van der Waals surface area contributed by atoms with Crippen LogP contribution >= 0.6 is 0 Å². The van der Waals surface area contributed by atoms with E-state index in [1.807, 2.05) is 32.0 Å². The predicted octanol–water partition coefficient (Wildman–Crippen LogP) is 1.60. The van der Waals surface area contributed by atoms with Crippen molar-refractivity contribution in [3.05, 3.63) is 64.7 Å². The van der Waals surface area contributed by atoms with Gasteiger partial charge in [0.2, 0.25) is 5.91 Å². The second kappa shape index (κ2) is 9.88. The molecule has 2 aromatic carbocycles. The van der Waals surface area contributed by atoms with Crippen LogP contribution in [-0.2, 0) is 9.59 Å². The van der Waals surface area contributed by atoms with Crippen LogP contribution in [-0.4, -0.2) is 54.8 Å². The van der Waals surface area contributed by atoms with Crippen LogP contribution in [0.5, 0.6) is 5.75 Å². The van der Waals surface area contributed by atoms with E-state index in [0.717, 1.165) is 16.0 Å². The Hall–Kier alpha value is -3.68. The van der Waals surface area contributed by atoms with Crippen molar-refractivity contribution in [2.24, 2.45) is 0 Å². The maximum absolute atomic E-state index is 12.3. The first-order valence-electron chi connectivity index (χ1n) is 10.1. The molecule has 31 heavy (non-hydrogen) atoms. The van der Waals surface area contributed by atoms with Crippen molar-refractivity contribution >= 4 is 23.6 Å². The Morgan fingerprint density at radius 1 is 0.871 bits per heavy atom. The van der Waals surface area contributed by atoms with Gasteiger partial charge in [0.15, 0.2) is 6.61 Å². The van der Waals surface area contributed by atoms with Crippen molar-refractivity contribution in [2.75, 3.05) is 26.2 Å². The van der Waals surface area contributed by atoms with Crippen LogP contribution in [0.4, 0.5) is 0 Å². The quantitative estimate of drug-likeness (QED) is 0.471. The van der Waals surface area contributed by atoms with Gasteiger partial charge in [-0.25, -0.2) is 0 Å². The monoisotopic (exact) mass is 423 g/mol. The van der Waals surface area contributed by atoms with Crippen LogP contribution < -0.4 is 15.4 Å². The van der Waals surface area contributed by atoms with Gasteiger partial charge in [-0.1, -0.05) is 24.3 Å². The third-order valence-corrected chi connectivity index (χ3v) is 5.12. The Morgan fingerprint density at radius 2 is 1.48 bits per heavy atom. The molecule has 4 amide bonds. The first kappa shape index (κ1) is 22.0. The molecule has 1 heterocycles. The van der Waals surface area contributed by atoms with Gasteiger partial charge in [-0.3, -0.25) is 24.1 Å². The molecule has 1 aliphatic rings. The van der Waals surface area contributed by atoms with Crippen molar-refractivity contribution in [2.45, 2.75) is 20.3 Å². The predicted molar refractivity (Wildman–Crippen MR) is 114 cm³/mol. The summed E-state index contributed by atoms with van der Waals surface area (Å²) in [7, 11) is 0. The molecule has 0 fully saturated rings. The van der Waals surface area contributed by atoms with Crippen molar-refractivity contribution in [1.29, 1.82) is 0 Å². The molecule has 0 saturated carbocycles. The zero-order valence-electron chi connectivity index (χ0n) is 17.6. The number of amides is 4. The van der Waals surface area contributed by atoms with E-state index in [1.54, 1.807) is 24.3 Å². The number of nitrogens with one attached hydrogen (secondary N) is 2. The fourth-order valence-corrected chi connectivity index (χ4v) is 3.22. The molecule has 0 aliphatic carbocycles. The van der Waals surface area contributed by atoms with Gasteiger partial charge < -0.3 is 15.4 Å². The van der Waals surface area contributed by atoms with E-state index in [0.29, 0.717) is 16.9 Å². The molecule has 0 aromatic heterocycles. The highest BCUT2D eigenvalue weighted by Crippen LogP contribution is 2.22. The number of carbonyl (C=O) groups is 4. The van der Waals surface area contributed by atoms with Gasteiger partial charge in [0.05, 0.1) is 11.1 Å². The average Bonchev–Trinajstić information content (AvgIpc) is 3.01. The Labute approximate surface area is 180 Å². The zero-order chi connectivity index (χ0) is 22.4. The van der Waals surface area contributed by atoms with E-state index in [-0.39, 0.29) is 56.3 Å². The number of fused-ring (bicyclic) bond motifs is 1. The number of hydrogen-bond acceptors (Lipinski definition) is 5. The van der Waals surface area contributed by atoms with E-state index in [4.69, 9.17) is 4.74 Å². The van der Waals surface area contributed by atoms with E-state index in [1.165, 1.54) is 0 Å². The summed E-state index contributed by atoms with van der Waals surface area (Å²) in [5.41, 5.74) is 2.79. The molecule has 3 rings (SSSR count). The lowest BCUT2D eigenvalue weighted by Crippen LogP contribution is -2.38. The number of ether oxygens (including phenoxy) is 1. The highest BCUT2D eigenvalue weighted by molar-refractivity contribution is 6.21. The molecule has 2 N–H and O–H groups in total. The molecule has 0 saturated heterocycles. The third kappa shape index (κ3) is 5.28. The number of aryl methyl sites for hydroxylation is 1. The van der Waals surface area contributed by atoms with Crippen LogP contribution in [0.25, 0.3) is 0 Å². The number of nitrogens with zero attached hydrogens (tertiary/aromatic N) is 1. The minimum absolute atomic E-state index is 0.00480. The Kier molecular flexibility index (Phi) is 7.02. The standard InChI is InChI=1S/C23H25N3O5/c1-15-6-5-9-19(16(15)2)31-14-21(28)25-12-11-24-20(27)10-13-26-22(29)17-7-3-4-8-18(17)23(26)30/h3-9H,10-14H2,1-2H3,(H,24,27)(H,25,28). The van der Waals surface area contributed by atoms with Gasteiger partial charge >= 0.3 is 0 Å². The van der Waals surface area contributed by atoms with Gasteiger partial charge in [0, 0.05) is 26.1 Å². The summed E-state index contributed by atoms with van der Waals surface area (Å²) in [5.74, 6) is -0.704. The molecular weight excluding hydrogens is 398 g/mol. The molecule has 162 valence electrons. The number of benzene rings is 2. The van der Waals surface area contributed by atoms with Crippen LogP contribution in [0.3, 0.4) is 0 Å². The third-order valence-electron chi connectivity index (χ3n) is 5.12. The fraction of sp³-hybridized carbons (Fsp3) is 0.304. The van der Waals surface area contributed by atoms with Crippen molar-refractivity contribution in [3.8, 4) is 5.75 Å². The summed E-state index contributed by atoms with van der Waals surface area (Å²) < 4.78 is 5.53. The fourth-order valence-electron chi connectivity index (χ4n) is 3.22. The SMILES string of the molecule is Cc1cccc(OCC(=O)NCCNC(=O)CCN2C(=O)c3ccccc3C2=O)c1C. The lowest BCUT2D eigenvalue weighted by atomic mass is 10.1. The van der Waals surface area contributed by atoms with Crippen LogP contribution in [0.15, 0.2) is 42.5 Å². The summed E-state index contributed by atoms with van der Waals surface area (Å²) in [6.45, 7) is 4.27. The van der Waals surface area contributed by atoms with Gasteiger partial charge in [0.1, 0.15) is 5.75 Å². The zero-order valence-corrected chi connectivity index (χ0v) is 17.6. The minimum Gasteiger partial charge on any atom is -0.483 e. The van der Waals surface area contributed by atoms with Crippen molar-refractivity contribution < 1.29 is 23.9 Å². The largest absolute Gasteiger partial charge is 0.483 e. The molecule has 0 unspecified atom stereocenters. The summed E-state index contributed by atoms with van der Waals surface area (Å²) in [5, 5.41) is 5.33. The van der Waals surface area contributed by atoms with Gasteiger partial charge in [-0.05, 0) is 43.2 Å². The number of carbonyl (C=O) groups excluding carboxylic acids is 4. The normalized spacial score (nSPS) is 12.5. The summed E-state index contributed by atoms with van der Waals surface area (Å²) in [6.07, 6.45) is -0.00480. The molecule has 1 aliphatic heterocycles. The van der Waals surface area contributed by atoms with Crippen LogP contribution in [0.2, 0.25) is 0 Å². The molecular formula is C23H25N3O5. The van der Waals surface area contributed by atoms with Gasteiger partial charge in [0.25, 0.3) is 17.7 Å². The van der Waals surface area contributed by atoms with E-state index >= 15 is 0 Å². The summed E-state index contributed by atoms with van der Waals surface area (Å²) in [4.78, 5) is 49.5. The lowest BCUT2D eigenvalue weighted by Gasteiger charge is -2.14. The number of hydrogen-bond donors (Lipinski definition) is 2. The van der Waals surface area contributed by atoms with Crippen molar-refractivity contribution in [3.63, 3.8) is 0 Å². The van der Waals surface area contributed by atoms with E-state index in [2.05, 4.69) is 10.6 Å². The molecule has 0 bridgehead atoms. The second-order valence-corrected chi connectivity index (χ2v) is 7.24. The topological polar surface area (TPSA) is 105 Å². The maximum atomic E-state index is 12.3. The van der Waals surface area contributed by atoms with Crippen LogP contribution in [0.1, 0.15) is 38.3 Å². The Morgan fingerprint density at radius 3 is 2.13 bits per heavy atom. The van der Waals surface area contributed by atoms with E-state index in [9.17, 15) is 19.2 Å². The first-order valence-corrected chi connectivity index (χ1v) is 10.1. The smallest absolute Gasteiger partial charge is 0.261 e. The highest BCUT2D eigenvalue weighted by atomic mass is 16.5. The van der Waals surface area contributed by atoms with E-state index < -0.39 is 0 Å². The summed E-state index contributed by atoms with van der Waals surface area (Å²) in [6, 6.07) is 12.2. The molecule has 0 spiro atoms.